The van der Waals surface area contributed by atoms with Gasteiger partial charge in [0.05, 0.1) is 19.8 Å². The molecule has 1 fully saturated rings. The minimum Gasteiger partial charge on any atom is -0.396 e. The van der Waals surface area contributed by atoms with Crippen LogP contribution in [0.15, 0.2) is 28.7 Å². The third-order valence-corrected chi connectivity index (χ3v) is 3.11. The van der Waals surface area contributed by atoms with E-state index >= 15 is 0 Å². The zero-order chi connectivity index (χ0) is 10.0. The lowest BCUT2D eigenvalue weighted by Crippen LogP contribution is -2.47. The number of ether oxygens (including phenoxy) is 1. The molecule has 0 saturated carbocycles. The van der Waals surface area contributed by atoms with Crippen molar-refractivity contribution in [2.24, 2.45) is 5.41 Å². The Morgan fingerprint density at radius 1 is 1.43 bits per heavy atom. The summed E-state index contributed by atoms with van der Waals surface area (Å²) >= 11 is 3.44. The second kappa shape index (κ2) is 4.01. The van der Waals surface area contributed by atoms with E-state index in [4.69, 9.17) is 4.74 Å². The first-order chi connectivity index (χ1) is 6.74. The van der Waals surface area contributed by atoms with Crippen LogP contribution in [0, 0.1) is 5.41 Å². The molecule has 0 bridgehead atoms. The fourth-order valence-electron chi connectivity index (χ4n) is 1.72. The summed E-state index contributed by atoms with van der Waals surface area (Å²) in [6, 6.07) is 8.20. The van der Waals surface area contributed by atoms with Gasteiger partial charge in [-0.3, -0.25) is 0 Å². The molecule has 0 amide bonds. The molecule has 0 spiro atoms. The number of aliphatic hydroxyl groups excluding tert-OH is 1. The standard InChI is InChI=1S/C11H13BrO2/c12-10-3-1-2-9(4-10)5-11(6-13)7-14-8-11/h1-4,13H,5-8H2. The highest BCUT2D eigenvalue weighted by molar-refractivity contribution is 9.10. The molecule has 3 heteroatoms. The van der Waals surface area contributed by atoms with Crippen molar-refractivity contribution in [3.05, 3.63) is 34.3 Å². The summed E-state index contributed by atoms with van der Waals surface area (Å²) in [5, 5.41) is 9.28. The number of hydrogen-bond acceptors (Lipinski definition) is 2. The minimum absolute atomic E-state index is 0.0270. The molecule has 1 N–H and O–H groups in total. The van der Waals surface area contributed by atoms with Gasteiger partial charge in [0.1, 0.15) is 0 Å². The van der Waals surface area contributed by atoms with Gasteiger partial charge in [-0.05, 0) is 24.1 Å². The third-order valence-electron chi connectivity index (χ3n) is 2.62. The number of hydrogen-bond donors (Lipinski definition) is 1. The van der Waals surface area contributed by atoms with Crippen molar-refractivity contribution in [2.45, 2.75) is 6.42 Å². The molecular weight excluding hydrogens is 244 g/mol. The summed E-state index contributed by atoms with van der Waals surface area (Å²) in [7, 11) is 0. The first-order valence-electron chi connectivity index (χ1n) is 4.67. The van der Waals surface area contributed by atoms with Gasteiger partial charge in [0, 0.05) is 9.89 Å². The van der Waals surface area contributed by atoms with E-state index in [1.54, 1.807) is 0 Å². The Labute approximate surface area is 92.0 Å². The van der Waals surface area contributed by atoms with Crippen molar-refractivity contribution in [1.82, 2.24) is 0 Å². The van der Waals surface area contributed by atoms with E-state index in [1.807, 2.05) is 12.1 Å². The number of rotatable bonds is 3. The van der Waals surface area contributed by atoms with E-state index in [0.717, 1.165) is 10.9 Å². The third kappa shape index (κ3) is 2.00. The monoisotopic (exact) mass is 256 g/mol. The molecule has 0 aromatic heterocycles. The molecule has 1 aliphatic rings. The Morgan fingerprint density at radius 2 is 2.21 bits per heavy atom. The SMILES string of the molecule is OCC1(Cc2cccc(Br)c2)COC1. The van der Waals surface area contributed by atoms with Gasteiger partial charge in [0.15, 0.2) is 0 Å². The largest absolute Gasteiger partial charge is 0.396 e. The van der Waals surface area contributed by atoms with Crippen LogP contribution in [0.25, 0.3) is 0 Å². The van der Waals surface area contributed by atoms with Crippen LogP contribution < -0.4 is 0 Å². The van der Waals surface area contributed by atoms with Crippen LogP contribution in [0.5, 0.6) is 0 Å². The second-order valence-electron chi connectivity index (χ2n) is 3.96. The lowest BCUT2D eigenvalue weighted by Gasteiger charge is -2.40. The van der Waals surface area contributed by atoms with Crippen LogP contribution in [0.2, 0.25) is 0 Å². The highest BCUT2D eigenvalue weighted by Gasteiger charge is 2.37. The maximum Gasteiger partial charge on any atom is 0.0570 e. The Morgan fingerprint density at radius 3 is 2.71 bits per heavy atom. The van der Waals surface area contributed by atoms with Crippen molar-refractivity contribution in [3.8, 4) is 0 Å². The molecule has 2 rings (SSSR count). The van der Waals surface area contributed by atoms with Crippen molar-refractivity contribution in [3.63, 3.8) is 0 Å². The highest BCUT2D eigenvalue weighted by atomic mass is 79.9. The average molecular weight is 257 g/mol. The Balaban J connectivity index is 2.09. The smallest absolute Gasteiger partial charge is 0.0570 e. The second-order valence-corrected chi connectivity index (χ2v) is 4.87. The van der Waals surface area contributed by atoms with Crippen LogP contribution in [-0.2, 0) is 11.2 Å². The van der Waals surface area contributed by atoms with Gasteiger partial charge in [0.2, 0.25) is 0 Å². The lowest BCUT2D eigenvalue weighted by molar-refractivity contribution is -0.136. The fraction of sp³-hybridized carbons (Fsp3) is 0.455. The number of halogens is 1. The van der Waals surface area contributed by atoms with Gasteiger partial charge >= 0.3 is 0 Å². The lowest BCUT2D eigenvalue weighted by atomic mass is 9.81. The highest BCUT2D eigenvalue weighted by Crippen LogP contribution is 2.31. The van der Waals surface area contributed by atoms with Crippen molar-refractivity contribution >= 4 is 15.9 Å². The van der Waals surface area contributed by atoms with Crippen LogP contribution in [0.3, 0.4) is 0 Å². The molecule has 1 saturated heterocycles. The van der Waals surface area contributed by atoms with Crippen molar-refractivity contribution < 1.29 is 9.84 Å². The number of benzene rings is 1. The fourth-order valence-corrected chi connectivity index (χ4v) is 2.17. The molecule has 1 aromatic rings. The van der Waals surface area contributed by atoms with E-state index in [1.165, 1.54) is 5.56 Å². The zero-order valence-electron chi connectivity index (χ0n) is 7.87. The molecule has 0 radical (unpaired) electrons. The molecule has 0 unspecified atom stereocenters. The van der Waals surface area contributed by atoms with Crippen LogP contribution >= 0.6 is 15.9 Å². The van der Waals surface area contributed by atoms with Gasteiger partial charge in [0.25, 0.3) is 0 Å². The quantitative estimate of drug-likeness (QED) is 0.897. The van der Waals surface area contributed by atoms with E-state index in [0.29, 0.717) is 13.2 Å². The summed E-state index contributed by atoms with van der Waals surface area (Å²) < 4.78 is 6.25. The Hall–Kier alpha value is -0.380. The van der Waals surface area contributed by atoms with E-state index in [-0.39, 0.29) is 12.0 Å². The molecule has 14 heavy (non-hydrogen) atoms. The summed E-state index contributed by atoms with van der Waals surface area (Å²) in [6.07, 6.45) is 0.892. The Bertz CT molecular complexity index is 315. The molecule has 1 aromatic carbocycles. The molecule has 76 valence electrons. The maximum absolute atomic E-state index is 9.28. The first-order valence-corrected chi connectivity index (χ1v) is 5.46. The number of aliphatic hydroxyl groups is 1. The van der Waals surface area contributed by atoms with Crippen LogP contribution in [0.1, 0.15) is 5.56 Å². The maximum atomic E-state index is 9.28. The topological polar surface area (TPSA) is 29.5 Å². The predicted molar refractivity (Wildman–Crippen MR) is 58.2 cm³/mol. The van der Waals surface area contributed by atoms with Gasteiger partial charge < -0.3 is 9.84 Å². The predicted octanol–water partition coefficient (Wildman–Crippen LogP) is 2.00. The molecule has 0 aliphatic carbocycles. The van der Waals surface area contributed by atoms with E-state index in [2.05, 4.69) is 28.1 Å². The average Bonchev–Trinajstić information content (AvgIpc) is 2.11. The summed E-state index contributed by atoms with van der Waals surface area (Å²) in [5.41, 5.74) is 1.22. The molecule has 0 atom stereocenters. The van der Waals surface area contributed by atoms with E-state index < -0.39 is 0 Å². The summed E-state index contributed by atoms with van der Waals surface area (Å²) in [5.74, 6) is 0. The molecule has 1 aliphatic heterocycles. The van der Waals surface area contributed by atoms with Gasteiger partial charge in [-0.25, -0.2) is 0 Å². The first kappa shape index (κ1) is 10.1. The zero-order valence-corrected chi connectivity index (χ0v) is 9.46. The van der Waals surface area contributed by atoms with Crippen LogP contribution in [0.4, 0.5) is 0 Å². The summed E-state index contributed by atoms with van der Waals surface area (Å²) in [4.78, 5) is 0. The van der Waals surface area contributed by atoms with E-state index in [9.17, 15) is 5.11 Å². The normalized spacial score (nSPS) is 19.0. The molecule has 1 heterocycles. The van der Waals surface area contributed by atoms with Crippen molar-refractivity contribution in [2.75, 3.05) is 19.8 Å². The van der Waals surface area contributed by atoms with Gasteiger partial charge in [-0.15, -0.1) is 0 Å². The van der Waals surface area contributed by atoms with Crippen LogP contribution in [-0.4, -0.2) is 24.9 Å². The molecular formula is C11H13BrO2. The minimum atomic E-state index is -0.0270. The van der Waals surface area contributed by atoms with Crippen molar-refractivity contribution in [1.29, 1.82) is 0 Å². The van der Waals surface area contributed by atoms with Gasteiger partial charge in [-0.1, -0.05) is 28.1 Å². The summed E-state index contributed by atoms with van der Waals surface area (Å²) in [6.45, 7) is 1.56. The Kier molecular flexibility index (Phi) is 2.91. The molecule has 2 nitrogen and oxygen atoms in total. The van der Waals surface area contributed by atoms with Gasteiger partial charge in [-0.2, -0.15) is 0 Å².